The zero-order valence-electron chi connectivity index (χ0n) is 11.6. The lowest BCUT2D eigenvalue weighted by atomic mass is 10.00. The number of carbonyl (C=O) groups excluding carboxylic acids is 4. The van der Waals surface area contributed by atoms with Gasteiger partial charge in [-0.15, -0.1) is 0 Å². The fourth-order valence-corrected chi connectivity index (χ4v) is 4.28. The van der Waals surface area contributed by atoms with E-state index in [-0.39, 0.29) is 23.7 Å². The summed E-state index contributed by atoms with van der Waals surface area (Å²) >= 11 is 0. The number of hydrogen-bond donors (Lipinski definition) is 0. The molecule has 4 heteroatoms. The van der Waals surface area contributed by atoms with E-state index in [2.05, 4.69) is 0 Å². The summed E-state index contributed by atoms with van der Waals surface area (Å²) in [6.45, 7) is 0. The normalized spacial score (nSPS) is 38.8. The van der Waals surface area contributed by atoms with E-state index in [1.165, 1.54) is 0 Å². The molecule has 4 rings (SSSR count). The summed E-state index contributed by atoms with van der Waals surface area (Å²) < 4.78 is 0. The van der Waals surface area contributed by atoms with Gasteiger partial charge in [-0.25, -0.2) is 0 Å². The second-order valence-corrected chi connectivity index (χ2v) is 6.45. The highest BCUT2D eigenvalue weighted by molar-refractivity contribution is 5.96. The topological polar surface area (TPSA) is 68.3 Å². The van der Waals surface area contributed by atoms with Crippen LogP contribution in [-0.4, -0.2) is 23.1 Å². The van der Waals surface area contributed by atoms with Crippen LogP contribution in [0.3, 0.4) is 0 Å². The molecule has 4 saturated carbocycles. The van der Waals surface area contributed by atoms with Crippen LogP contribution >= 0.6 is 0 Å². The molecule has 4 unspecified atom stereocenters. The number of Topliss-reactive ketones (excluding diaryl/α,β-unsaturated/α-hetero) is 4. The first-order valence-corrected chi connectivity index (χ1v) is 7.69. The molecule has 108 valence electrons. The quantitative estimate of drug-likeness (QED) is 0.677. The zero-order chi connectivity index (χ0) is 14.3. The molecular weight excluding hydrogens is 256 g/mol. The highest BCUT2D eigenvalue weighted by atomic mass is 16.1. The third-order valence-corrected chi connectivity index (χ3v) is 5.43. The van der Waals surface area contributed by atoms with Gasteiger partial charge in [0.1, 0.15) is 23.1 Å². The maximum Gasteiger partial charge on any atom is 0.136 e. The fraction of sp³-hybridized carbons (Fsp3) is 0.750. The first kappa shape index (κ1) is 13.7. The van der Waals surface area contributed by atoms with Gasteiger partial charge in [0.25, 0.3) is 0 Å². The molecule has 0 amide bonds. The molecule has 0 heterocycles. The molecule has 0 aromatic heterocycles. The van der Waals surface area contributed by atoms with Crippen LogP contribution in [0.2, 0.25) is 0 Å². The zero-order valence-corrected chi connectivity index (χ0v) is 11.6. The Hall–Kier alpha value is -1.32. The summed E-state index contributed by atoms with van der Waals surface area (Å²) in [7, 11) is 0. The van der Waals surface area contributed by atoms with Crippen LogP contribution in [0.25, 0.3) is 0 Å². The molecule has 4 fully saturated rings. The van der Waals surface area contributed by atoms with Crippen molar-refractivity contribution in [1.29, 1.82) is 0 Å². The van der Waals surface area contributed by atoms with Crippen LogP contribution in [0.15, 0.2) is 0 Å². The first-order valence-electron chi connectivity index (χ1n) is 7.69. The van der Waals surface area contributed by atoms with E-state index in [0.717, 1.165) is 25.7 Å². The second-order valence-electron chi connectivity index (χ2n) is 6.45. The smallest absolute Gasteiger partial charge is 0.136 e. The molecular formula is C16H20O4. The van der Waals surface area contributed by atoms with E-state index in [9.17, 15) is 19.2 Å². The van der Waals surface area contributed by atoms with Gasteiger partial charge < -0.3 is 0 Å². The standard InChI is InChI=1S/2C8H10O2/c2*9-7-3-1-5-6(7)2-4-8(5)10/h2*5-6H,1-4H2. The average Bonchev–Trinajstić information content (AvgIpc) is 3.13. The van der Waals surface area contributed by atoms with Gasteiger partial charge in [0.05, 0.1) is 0 Å². The highest BCUT2D eigenvalue weighted by Gasteiger charge is 2.43. The van der Waals surface area contributed by atoms with E-state index < -0.39 is 0 Å². The van der Waals surface area contributed by atoms with Crippen LogP contribution in [0.5, 0.6) is 0 Å². The molecule has 4 aliphatic rings. The number of ketones is 4. The Labute approximate surface area is 118 Å². The Bertz CT molecular complexity index is 391. The molecule has 4 nitrogen and oxygen atoms in total. The van der Waals surface area contributed by atoms with Crippen LogP contribution in [0.4, 0.5) is 0 Å². The van der Waals surface area contributed by atoms with Gasteiger partial charge in [0, 0.05) is 49.4 Å². The summed E-state index contributed by atoms with van der Waals surface area (Å²) in [5.74, 6) is 1.85. The van der Waals surface area contributed by atoms with Crippen LogP contribution in [0.1, 0.15) is 51.4 Å². The third kappa shape index (κ3) is 2.25. The Morgan fingerprint density at radius 1 is 0.450 bits per heavy atom. The van der Waals surface area contributed by atoms with Crippen molar-refractivity contribution in [2.45, 2.75) is 51.4 Å². The predicted molar refractivity (Wildman–Crippen MR) is 70.9 cm³/mol. The lowest BCUT2D eigenvalue weighted by Gasteiger charge is -2.01. The predicted octanol–water partition coefficient (Wildman–Crippen LogP) is 1.89. The van der Waals surface area contributed by atoms with Crippen molar-refractivity contribution in [2.75, 3.05) is 0 Å². The summed E-state index contributed by atoms with van der Waals surface area (Å²) in [5.41, 5.74) is 0. The lowest BCUT2D eigenvalue weighted by Crippen LogP contribution is -2.11. The molecule has 4 atom stereocenters. The van der Waals surface area contributed by atoms with E-state index in [0.29, 0.717) is 48.8 Å². The van der Waals surface area contributed by atoms with E-state index in [4.69, 9.17) is 0 Å². The molecule has 0 aromatic rings. The third-order valence-electron chi connectivity index (χ3n) is 5.43. The van der Waals surface area contributed by atoms with Crippen molar-refractivity contribution in [3.8, 4) is 0 Å². The minimum atomic E-state index is 0.132. The number of rotatable bonds is 0. The fourth-order valence-electron chi connectivity index (χ4n) is 4.28. The molecule has 0 saturated heterocycles. The summed E-state index contributed by atoms with van der Waals surface area (Å²) in [6.07, 6.45) is 5.96. The molecule has 0 aromatic carbocycles. The van der Waals surface area contributed by atoms with Gasteiger partial charge in [0.15, 0.2) is 0 Å². The SMILES string of the molecule is O=C1CCC2C(=O)CCC12.O=C1CCC2C(=O)CCC12. The summed E-state index contributed by atoms with van der Waals surface area (Å²) in [4.78, 5) is 44.2. The molecule has 20 heavy (non-hydrogen) atoms. The monoisotopic (exact) mass is 276 g/mol. The second kappa shape index (κ2) is 5.23. The highest BCUT2D eigenvalue weighted by Crippen LogP contribution is 2.39. The number of carbonyl (C=O) groups is 4. The van der Waals surface area contributed by atoms with Gasteiger partial charge >= 0.3 is 0 Å². The van der Waals surface area contributed by atoms with Gasteiger partial charge in [0.2, 0.25) is 0 Å². The van der Waals surface area contributed by atoms with Crippen molar-refractivity contribution in [3.63, 3.8) is 0 Å². The van der Waals surface area contributed by atoms with Crippen molar-refractivity contribution in [3.05, 3.63) is 0 Å². The Kier molecular flexibility index (Phi) is 3.57. The molecule has 0 N–H and O–H groups in total. The maximum atomic E-state index is 11.0. The van der Waals surface area contributed by atoms with Crippen molar-refractivity contribution in [2.24, 2.45) is 23.7 Å². The Morgan fingerprint density at radius 2 is 0.650 bits per heavy atom. The van der Waals surface area contributed by atoms with Crippen LogP contribution in [0, 0.1) is 23.7 Å². The minimum Gasteiger partial charge on any atom is -0.299 e. The van der Waals surface area contributed by atoms with Crippen LogP contribution in [-0.2, 0) is 19.2 Å². The van der Waals surface area contributed by atoms with E-state index in [1.807, 2.05) is 0 Å². The van der Waals surface area contributed by atoms with Crippen molar-refractivity contribution in [1.82, 2.24) is 0 Å². The minimum absolute atomic E-state index is 0.132. The van der Waals surface area contributed by atoms with Crippen molar-refractivity contribution >= 4 is 23.1 Å². The van der Waals surface area contributed by atoms with Crippen LogP contribution < -0.4 is 0 Å². The van der Waals surface area contributed by atoms with Gasteiger partial charge in [-0.3, -0.25) is 19.2 Å². The maximum absolute atomic E-state index is 11.0. The van der Waals surface area contributed by atoms with E-state index in [1.54, 1.807) is 0 Å². The molecule has 0 aliphatic heterocycles. The summed E-state index contributed by atoms with van der Waals surface area (Å²) in [5, 5.41) is 0. The Morgan fingerprint density at radius 3 is 0.850 bits per heavy atom. The Balaban J connectivity index is 0.000000121. The van der Waals surface area contributed by atoms with E-state index >= 15 is 0 Å². The first-order chi connectivity index (χ1) is 9.58. The lowest BCUT2D eigenvalue weighted by molar-refractivity contribution is -0.124. The largest absolute Gasteiger partial charge is 0.299 e. The van der Waals surface area contributed by atoms with Crippen molar-refractivity contribution < 1.29 is 19.2 Å². The number of hydrogen-bond acceptors (Lipinski definition) is 4. The molecule has 0 radical (unpaired) electrons. The van der Waals surface area contributed by atoms with Gasteiger partial charge in [-0.1, -0.05) is 0 Å². The average molecular weight is 276 g/mol. The number of fused-ring (bicyclic) bond motifs is 2. The van der Waals surface area contributed by atoms with Gasteiger partial charge in [-0.2, -0.15) is 0 Å². The summed E-state index contributed by atoms with van der Waals surface area (Å²) in [6, 6.07) is 0. The van der Waals surface area contributed by atoms with Gasteiger partial charge in [-0.05, 0) is 25.7 Å². The molecule has 4 aliphatic carbocycles. The molecule has 0 bridgehead atoms. The molecule has 0 spiro atoms.